The van der Waals surface area contributed by atoms with Crippen LogP contribution in [0.3, 0.4) is 0 Å². The van der Waals surface area contributed by atoms with Gasteiger partial charge in [-0.1, -0.05) is 18.2 Å². The van der Waals surface area contributed by atoms with Gasteiger partial charge in [0.25, 0.3) is 5.56 Å². The highest BCUT2D eigenvalue weighted by Crippen LogP contribution is 2.28. The Morgan fingerprint density at radius 1 is 1.02 bits per heavy atom. The van der Waals surface area contributed by atoms with Crippen molar-refractivity contribution in [1.82, 2.24) is 24.5 Å². The number of rotatable bonds is 9. The number of aryl methyl sites for hydroxylation is 3. The molecule has 0 saturated carbocycles. The van der Waals surface area contributed by atoms with Gasteiger partial charge in [-0.3, -0.25) is 14.0 Å². The Kier molecular flexibility index (Phi) is 7.94. The minimum absolute atomic E-state index is 0.0615. The summed E-state index contributed by atoms with van der Waals surface area (Å²) in [6.07, 6.45) is 0.690. The first-order chi connectivity index (χ1) is 19.7. The maximum Gasteiger partial charge on any atom is 0.268 e. The highest BCUT2D eigenvalue weighted by Gasteiger charge is 2.20. The molecule has 2 aromatic carbocycles. The molecule has 0 aliphatic heterocycles. The van der Waals surface area contributed by atoms with Crippen molar-refractivity contribution in [3.63, 3.8) is 0 Å². The number of hydrogen-bond acceptors (Lipinski definition) is 7. The van der Waals surface area contributed by atoms with Crippen molar-refractivity contribution < 1.29 is 14.3 Å². The molecule has 10 heteroatoms. The molecule has 212 valence electrons. The lowest BCUT2D eigenvalue weighted by molar-refractivity contribution is -0.120. The molecule has 3 aromatic heterocycles. The smallest absolute Gasteiger partial charge is 0.268 e. The number of benzene rings is 2. The van der Waals surface area contributed by atoms with Crippen LogP contribution in [0.15, 0.2) is 52.6 Å². The van der Waals surface area contributed by atoms with Crippen molar-refractivity contribution >= 4 is 22.2 Å². The lowest BCUT2D eigenvalue weighted by Gasteiger charge is -2.10. The Labute approximate surface area is 242 Å². The van der Waals surface area contributed by atoms with Crippen molar-refractivity contribution in [2.24, 2.45) is 0 Å². The summed E-state index contributed by atoms with van der Waals surface area (Å²) in [4.78, 5) is 31.9. The first-order valence-electron chi connectivity index (χ1n) is 13.3. The molecule has 0 saturated heterocycles. The first-order valence-corrected chi connectivity index (χ1v) is 14.2. The van der Waals surface area contributed by atoms with E-state index >= 15 is 0 Å². The summed E-state index contributed by atoms with van der Waals surface area (Å²) in [5.41, 5.74) is 7.16. The highest BCUT2D eigenvalue weighted by atomic mass is 32.1. The molecule has 41 heavy (non-hydrogen) atoms. The number of methoxy groups -OCH3 is 2. The Balaban J connectivity index is 1.37. The van der Waals surface area contributed by atoms with Gasteiger partial charge >= 0.3 is 0 Å². The van der Waals surface area contributed by atoms with Crippen LogP contribution < -0.4 is 20.3 Å². The number of amides is 1. The number of thiazole rings is 1. The summed E-state index contributed by atoms with van der Waals surface area (Å²) >= 11 is 1.35. The van der Waals surface area contributed by atoms with E-state index in [0.717, 1.165) is 22.5 Å². The molecule has 9 nitrogen and oxygen atoms in total. The summed E-state index contributed by atoms with van der Waals surface area (Å²) in [5, 5.41) is 9.60. The quantitative estimate of drug-likeness (QED) is 0.274. The zero-order valence-electron chi connectivity index (χ0n) is 24.1. The largest absolute Gasteiger partial charge is 0.493 e. The van der Waals surface area contributed by atoms with Crippen LogP contribution in [0.5, 0.6) is 11.5 Å². The SMILES string of the molecule is COc1ccc(CCNC(=O)Cc2csc3nc(C)c(-c4cc(C)n(-c5cccc(C)c5C)n4)c(=O)n23)cc1OC. The second kappa shape index (κ2) is 11.6. The van der Waals surface area contributed by atoms with Gasteiger partial charge in [0.15, 0.2) is 16.5 Å². The number of carbonyl (C=O) groups excluding carboxylic acids is 1. The van der Waals surface area contributed by atoms with Crippen LogP contribution in [0.2, 0.25) is 0 Å². The third kappa shape index (κ3) is 5.47. The molecule has 0 aliphatic rings. The number of nitrogens with zero attached hydrogens (tertiary/aromatic N) is 4. The molecule has 0 atom stereocenters. The van der Waals surface area contributed by atoms with E-state index in [1.54, 1.807) is 14.2 Å². The molecular weight excluding hydrogens is 538 g/mol. The summed E-state index contributed by atoms with van der Waals surface area (Å²) < 4.78 is 14.0. The number of carbonyl (C=O) groups is 1. The number of hydrogen-bond donors (Lipinski definition) is 1. The third-order valence-corrected chi connectivity index (χ3v) is 8.17. The highest BCUT2D eigenvalue weighted by molar-refractivity contribution is 7.15. The summed E-state index contributed by atoms with van der Waals surface area (Å²) in [5.74, 6) is 1.13. The molecule has 0 bridgehead atoms. The third-order valence-electron chi connectivity index (χ3n) is 7.29. The second-order valence-corrected chi connectivity index (χ2v) is 10.8. The van der Waals surface area contributed by atoms with Gasteiger partial charge in [-0.25, -0.2) is 9.67 Å². The average Bonchev–Trinajstić information content (AvgIpc) is 3.52. The Hall–Kier alpha value is -4.44. The van der Waals surface area contributed by atoms with Crippen molar-refractivity contribution in [1.29, 1.82) is 0 Å². The predicted molar refractivity (Wildman–Crippen MR) is 161 cm³/mol. The van der Waals surface area contributed by atoms with Crippen molar-refractivity contribution in [3.8, 4) is 28.4 Å². The molecule has 1 amide bonds. The van der Waals surface area contributed by atoms with E-state index in [2.05, 4.69) is 25.2 Å². The predicted octanol–water partition coefficient (Wildman–Crippen LogP) is 4.76. The molecule has 0 spiro atoms. The van der Waals surface area contributed by atoms with Crippen LogP contribution in [0, 0.1) is 27.7 Å². The fraction of sp³-hybridized carbons (Fsp3) is 0.290. The Morgan fingerprint density at radius 3 is 2.56 bits per heavy atom. The van der Waals surface area contributed by atoms with E-state index in [1.165, 1.54) is 21.3 Å². The van der Waals surface area contributed by atoms with Crippen LogP contribution in [-0.2, 0) is 17.6 Å². The van der Waals surface area contributed by atoms with Crippen molar-refractivity contribution in [3.05, 3.63) is 92.0 Å². The monoisotopic (exact) mass is 571 g/mol. The summed E-state index contributed by atoms with van der Waals surface area (Å²) in [6, 6.07) is 13.7. The molecule has 0 radical (unpaired) electrons. The average molecular weight is 572 g/mol. The minimum Gasteiger partial charge on any atom is -0.493 e. The number of ether oxygens (including phenoxy) is 2. The standard InChI is InChI=1S/C31H33N5O4S/c1-18-8-7-9-25(20(18)3)36-19(2)14-24(34-36)29-21(4)33-31-35(30(29)38)23(17-41-31)16-28(37)32-13-12-22-10-11-26(39-5)27(15-22)40-6/h7-11,14-15,17H,12-13,16H2,1-6H3,(H,32,37). The summed E-state index contributed by atoms with van der Waals surface area (Å²) in [6.45, 7) is 8.37. The van der Waals surface area contributed by atoms with Gasteiger partial charge in [-0.05, 0) is 75.1 Å². The second-order valence-electron chi connectivity index (χ2n) is 9.99. The van der Waals surface area contributed by atoms with Gasteiger partial charge in [-0.15, -0.1) is 11.3 Å². The first kappa shape index (κ1) is 28.1. The van der Waals surface area contributed by atoms with Gasteiger partial charge in [0, 0.05) is 23.3 Å². The van der Waals surface area contributed by atoms with Gasteiger partial charge in [0.05, 0.1) is 37.6 Å². The van der Waals surface area contributed by atoms with E-state index in [-0.39, 0.29) is 17.9 Å². The van der Waals surface area contributed by atoms with Gasteiger partial charge < -0.3 is 14.8 Å². The minimum atomic E-state index is -0.229. The fourth-order valence-electron chi connectivity index (χ4n) is 4.94. The zero-order chi connectivity index (χ0) is 29.3. The molecule has 5 aromatic rings. The van der Waals surface area contributed by atoms with Crippen LogP contribution in [-0.4, -0.2) is 45.8 Å². The van der Waals surface area contributed by atoms with Crippen LogP contribution in [0.25, 0.3) is 21.9 Å². The fourth-order valence-corrected chi connectivity index (χ4v) is 5.86. The van der Waals surface area contributed by atoms with Crippen molar-refractivity contribution in [2.45, 2.75) is 40.5 Å². The lowest BCUT2D eigenvalue weighted by atomic mass is 10.1. The van der Waals surface area contributed by atoms with E-state index in [1.807, 2.05) is 60.3 Å². The molecule has 0 aliphatic carbocycles. The molecule has 1 N–H and O–H groups in total. The normalized spacial score (nSPS) is 11.2. The maximum absolute atomic E-state index is 13.8. The van der Waals surface area contributed by atoms with E-state index in [0.29, 0.717) is 52.1 Å². The maximum atomic E-state index is 13.8. The summed E-state index contributed by atoms with van der Waals surface area (Å²) in [7, 11) is 3.19. The topological polar surface area (TPSA) is 99.7 Å². The van der Waals surface area contributed by atoms with Crippen LogP contribution in [0.1, 0.15) is 33.8 Å². The van der Waals surface area contributed by atoms with Gasteiger partial charge in [0.1, 0.15) is 5.69 Å². The molecular formula is C31H33N5O4S. The van der Waals surface area contributed by atoms with E-state index in [9.17, 15) is 9.59 Å². The lowest BCUT2D eigenvalue weighted by Crippen LogP contribution is -2.29. The number of nitrogens with one attached hydrogen (secondary N) is 1. The number of fused-ring (bicyclic) bond motifs is 1. The van der Waals surface area contributed by atoms with Gasteiger partial charge in [0.2, 0.25) is 5.91 Å². The number of aromatic nitrogens is 4. The Bertz CT molecular complexity index is 1820. The molecule has 0 unspecified atom stereocenters. The van der Waals surface area contributed by atoms with E-state index in [4.69, 9.17) is 19.6 Å². The van der Waals surface area contributed by atoms with Gasteiger partial charge in [-0.2, -0.15) is 5.10 Å². The Morgan fingerprint density at radius 2 is 1.80 bits per heavy atom. The van der Waals surface area contributed by atoms with E-state index < -0.39 is 0 Å². The van der Waals surface area contributed by atoms with Crippen LogP contribution >= 0.6 is 11.3 Å². The van der Waals surface area contributed by atoms with Crippen molar-refractivity contribution in [2.75, 3.05) is 20.8 Å². The zero-order valence-corrected chi connectivity index (χ0v) is 24.9. The molecule has 0 fully saturated rings. The molecule has 5 rings (SSSR count). The molecule has 3 heterocycles. The van der Waals surface area contributed by atoms with Crippen LogP contribution in [0.4, 0.5) is 0 Å².